The first kappa shape index (κ1) is 21.6. The van der Waals surface area contributed by atoms with E-state index in [-0.39, 0.29) is 11.7 Å². The minimum Gasteiger partial charge on any atom is -0.462 e. The second-order valence-electron chi connectivity index (χ2n) is 6.84. The Morgan fingerprint density at radius 1 is 1.09 bits per heavy atom. The van der Waals surface area contributed by atoms with E-state index in [1.54, 1.807) is 31.2 Å². The Kier molecular flexibility index (Phi) is 6.55. The second kappa shape index (κ2) is 9.69. The molecule has 0 aliphatic carbocycles. The van der Waals surface area contributed by atoms with Crippen molar-refractivity contribution in [2.45, 2.75) is 25.5 Å². The number of anilines is 1. The number of carbonyl (C=O) groups excluding carboxylic acids is 2. The second-order valence-corrected chi connectivity index (χ2v) is 7.78. The number of para-hydroxylation sites is 1. The van der Waals surface area contributed by atoms with Crippen LogP contribution in [0.4, 0.5) is 5.69 Å². The average Bonchev–Trinajstić information content (AvgIpc) is 3.41. The van der Waals surface area contributed by atoms with Gasteiger partial charge in [-0.2, -0.15) is 0 Å². The molecule has 9 heteroatoms. The molecule has 0 spiro atoms. The van der Waals surface area contributed by atoms with E-state index in [1.165, 1.54) is 11.8 Å². The predicted molar refractivity (Wildman–Crippen MR) is 123 cm³/mol. The van der Waals surface area contributed by atoms with Crippen molar-refractivity contribution in [1.29, 1.82) is 0 Å². The van der Waals surface area contributed by atoms with Crippen LogP contribution in [-0.2, 0) is 16.1 Å². The number of ether oxygens (including phenoxy) is 1. The van der Waals surface area contributed by atoms with Gasteiger partial charge in [0, 0.05) is 17.6 Å². The number of hydrogen-bond donors (Lipinski definition) is 1. The van der Waals surface area contributed by atoms with Gasteiger partial charge in [0.05, 0.1) is 17.9 Å². The standard InChI is InChI=1S/C23H22N4O4S/c1-3-27-21(19-13-15-8-5-6-11-18(15)31-19)25-26-23(27)32-14-20(28)24-17-10-7-9-16(12-17)22(29)30-4-2/h5-13H,3-4,14H2,1-2H3,(H,24,28). The molecule has 8 nitrogen and oxygen atoms in total. The molecule has 0 aliphatic rings. The molecule has 0 unspecified atom stereocenters. The Bertz CT molecular complexity index is 1230. The number of nitrogens with one attached hydrogen (secondary N) is 1. The normalized spacial score (nSPS) is 10.9. The number of aromatic nitrogens is 3. The van der Waals surface area contributed by atoms with Crippen LogP contribution in [-0.4, -0.2) is 39.0 Å². The lowest BCUT2D eigenvalue weighted by Crippen LogP contribution is -2.15. The van der Waals surface area contributed by atoms with Crippen LogP contribution in [0.5, 0.6) is 0 Å². The van der Waals surface area contributed by atoms with Gasteiger partial charge in [-0.1, -0.05) is 36.0 Å². The summed E-state index contributed by atoms with van der Waals surface area (Å²) in [5, 5.41) is 12.9. The molecule has 164 valence electrons. The monoisotopic (exact) mass is 450 g/mol. The van der Waals surface area contributed by atoms with Crippen LogP contribution >= 0.6 is 11.8 Å². The van der Waals surface area contributed by atoms with Crippen molar-refractivity contribution in [1.82, 2.24) is 14.8 Å². The number of fused-ring (bicyclic) bond motifs is 1. The third kappa shape index (κ3) is 4.67. The van der Waals surface area contributed by atoms with Crippen LogP contribution in [0, 0.1) is 0 Å². The molecule has 32 heavy (non-hydrogen) atoms. The van der Waals surface area contributed by atoms with Gasteiger partial charge in [0.25, 0.3) is 0 Å². The molecule has 0 saturated heterocycles. The Labute approximate surface area is 189 Å². The fraction of sp³-hybridized carbons (Fsp3) is 0.217. The number of thioether (sulfide) groups is 1. The van der Waals surface area contributed by atoms with E-state index in [0.717, 1.165) is 11.0 Å². The van der Waals surface area contributed by atoms with Gasteiger partial charge >= 0.3 is 5.97 Å². The molecule has 4 rings (SSSR count). The molecule has 0 bridgehead atoms. The van der Waals surface area contributed by atoms with Crippen LogP contribution in [0.25, 0.3) is 22.6 Å². The van der Waals surface area contributed by atoms with Crippen LogP contribution in [0.1, 0.15) is 24.2 Å². The molecule has 1 N–H and O–H groups in total. The van der Waals surface area contributed by atoms with Gasteiger partial charge < -0.3 is 14.5 Å². The largest absolute Gasteiger partial charge is 0.462 e. The number of esters is 1. The molecule has 2 heterocycles. The molecule has 0 saturated carbocycles. The summed E-state index contributed by atoms with van der Waals surface area (Å²) in [6.45, 7) is 4.65. The zero-order valence-electron chi connectivity index (χ0n) is 17.7. The summed E-state index contributed by atoms with van der Waals surface area (Å²) in [7, 11) is 0. The molecular weight excluding hydrogens is 428 g/mol. The van der Waals surface area contributed by atoms with E-state index in [1.807, 2.05) is 41.8 Å². The topological polar surface area (TPSA) is 99.2 Å². The molecule has 1 amide bonds. The molecule has 2 aromatic carbocycles. The van der Waals surface area contributed by atoms with Gasteiger partial charge in [-0.3, -0.25) is 9.36 Å². The summed E-state index contributed by atoms with van der Waals surface area (Å²) in [5.41, 5.74) is 1.70. The lowest BCUT2D eigenvalue weighted by Gasteiger charge is -2.08. The molecular formula is C23H22N4O4S. The van der Waals surface area contributed by atoms with Crippen molar-refractivity contribution in [3.63, 3.8) is 0 Å². The number of hydrogen-bond acceptors (Lipinski definition) is 7. The quantitative estimate of drug-likeness (QED) is 0.309. The van der Waals surface area contributed by atoms with Crippen molar-refractivity contribution in [2.75, 3.05) is 17.7 Å². The molecule has 0 atom stereocenters. The van der Waals surface area contributed by atoms with Crippen LogP contribution in [0.3, 0.4) is 0 Å². The summed E-state index contributed by atoms with van der Waals surface area (Å²) in [6.07, 6.45) is 0. The summed E-state index contributed by atoms with van der Waals surface area (Å²) >= 11 is 1.28. The fourth-order valence-corrected chi connectivity index (χ4v) is 4.02. The maximum atomic E-state index is 12.5. The SMILES string of the molecule is CCOC(=O)c1cccc(NC(=O)CSc2nnc(-c3cc4ccccc4o3)n2CC)c1. The Morgan fingerprint density at radius 3 is 2.72 bits per heavy atom. The van der Waals surface area contributed by atoms with Gasteiger partial charge in [-0.05, 0) is 44.2 Å². The summed E-state index contributed by atoms with van der Waals surface area (Å²) < 4.78 is 12.8. The lowest BCUT2D eigenvalue weighted by molar-refractivity contribution is -0.113. The van der Waals surface area contributed by atoms with Crippen molar-refractivity contribution in [3.05, 3.63) is 60.2 Å². The van der Waals surface area contributed by atoms with Gasteiger partial charge in [-0.15, -0.1) is 10.2 Å². The minimum atomic E-state index is -0.424. The third-order valence-corrected chi connectivity index (χ3v) is 5.64. The van der Waals surface area contributed by atoms with Crippen molar-refractivity contribution in [3.8, 4) is 11.6 Å². The van der Waals surface area contributed by atoms with E-state index < -0.39 is 5.97 Å². The zero-order chi connectivity index (χ0) is 22.5. The molecule has 0 aliphatic heterocycles. The highest BCUT2D eigenvalue weighted by Gasteiger charge is 2.18. The minimum absolute atomic E-state index is 0.141. The Morgan fingerprint density at radius 2 is 1.94 bits per heavy atom. The first-order valence-electron chi connectivity index (χ1n) is 10.2. The van der Waals surface area contributed by atoms with E-state index in [9.17, 15) is 9.59 Å². The van der Waals surface area contributed by atoms with E-state index in [4.69, 9.17) is 9.15 Å². The summed E-state index contributed by atoms with van der Waals surface area (Å²) in [6, 6.07) is 16.3. The molecule has 0 radical (unpaired) electrons. The Hall–Kier alpha value is -3.59. The van der Waals surface area contributed by atoms with Gasteiger partial charge in [0.2, 0.25) is 11.7 Å². The molecule has 4 aromatic rings. The van der Waals surface area contributed by atoms with Crippen molar-refractivity contribution < 1.29 is 18.7 Å². The lowest BCUT2D eigenvalue weighted by atomic mass is 10.2. The average molecular weight is 451 g/mol. The van der Waals surface area contributed by atoms with Gasteiger partial charge in [0.15, 0.2) is 10.9 Å². The van der Waals surface area contributed by atoms with Crippen LogP contribution in [0.2, 0.25) is 0 Å². The highest BCUT2D eigenvalue weighted by Crippen LogP contribution is 2.29. The first-order chi connectivity index (χ1) is 15.6. The van der Waals surface area contributed by atoms with Crippen molar-refractivity contribution in [2.24, 2.45) is 0 Å². The highest BCUT2D eigenvalue weighted by atomic mass is 32.2. The number of amides is 1. The zero-order valence-corrected chi connectivity index (χ0v) is 18.5. The summed E-state index contributed by atoms with van der Waals surface area (Å²) in [5.74, 6) is 0.752. The maximum absolute atomic E-state index is 12.5. The first-order valence-corrected chi connectivity index (χ1v) is 11.2. The number of nitrogens with zero attached hydrogens (tertiary/aromatic N) is 3. The van der Waals surface area contributed by atoms with E-state index >= 15 is 0 Å². The highest BCUT2D eigenvalue weighted by molar-refractivity contribution is 7.99. The summed E-state index contributed by atoms with van der Waals surface area (Å²) in [4.78, 5) is 24.3. The molecule has 0 fully saturated rings. The number of furan rings is 1. The maximum Gasteiger partial charge on any atom is 0.338 e. The van der Waals surface area contributed by atoms with Gasteiger partial charge in [-0.25, -0.2) is 4.79 Å². The van der Waals surface area contributed by atoms with E-state index in [2.05, 4.69) is 15.5 Å². The molecule has 2 aromatic heterocycles. The number of benzene rings is 2. The Balaban J connectivity index is 1.43. The van der Waals surface area contributed by atoms with Gasteiger partial charge in [0.1, 0.15) is 5.58 Å². The predicted octanol–water partition coefficient (Wildman–Crippen LogP) is 4.62. The fourth-order valence-electron chi connectivity index (χ4n) is 3.22. The van der Waals surface area contributed by atoms with Crippen LogP contribution < -0.4 is 5.32 Å². The smallest absolute Gasteiger partial charge is 0.338 e. The third-order valence-electron chi connectivity index (χ3n) is 4.67. The van der Waals surface area contributed by atoms with Crippen molar-refractivity contribution >= 4 is 40.3 Å². The number of rotatable bonds is 8. The number of carbonyl (C=O) groups is 2. The van der Waals surface area contributed by atoms with E-state index in [0.29, 0.717) is 41.1 Å². The van der Waals surface area contributed by atoms with Crippen LogP contribution in [0.15, 0.2) is 64.2 Å².